The van der Waals surface area contributed by atoms with Crippen LogP contribution in [0, 0.1) is 17.1 Å². The first-order valence-electron chi connectivity index (χ1n) is 3.60. The van der Waals surface area contributed by atoms with Gasteiger partial charge < -0.3 is 0 Å². The second-order valence-corrected chi connectivity index (χ2v) is 3.90. The number of nitriles is 1. The molecule has 0 saturated heterocycles. The van der Waals surface area contributed by atoms with Gasteiger partial charge in [-0.15, -0.1) is 0 Å². The summed E-state index contributed by atoms with van der Waals surface area (Å²) in [4.78, 5) is 0. The zero-order valence-corrected chi connectivity index (χ0v) is 9.16. The average molecular weight is 263 g/mol. The van der Waals surface area contributed by atoms with Crippen molar-refractivity contribution >= 4 is 27.5 Å². The molecule has 1 rings (SSSR count). The largest absolute Gasteiger partial charge is 0.207 e. The van der Waals surface area contributed by atoms with Crippen molar-refractivity contribution in [3.05, 3.63) is 33.0 Å². The van der Waals surface area contributed by atoms with Crippen LogP contribution in [0.5, 0.6) is 0 Å². The van der Waals surface area contributed by atoms with E-state index in [-0.39, 0.29) is 0 Å². The Kier molecular flexibility index (Phi) is 3.29. The molecule has 0 amide bonds. The molecule has 13 heavy (non-hydrogen) atoms. The topological polar surface area (TPSA) is 23.8 Å². The monoisotopic (exact) mass is 261 g/mol. The molecule has 1 atom stereocenters. The molecule has 0 radical (unpaired) electrons. The van der Waals surface area contributed by atoms with Gasteiger partial charge in [-0.1, -0.05) is 11.6 Å². The Hall–Kier alpha value is -0.590. The van der Waals surface area contributed by atoms with Crippen LogP contribution in [0.4, 0.5) is 4.39 Å². The van der Waals surface area contributed by atoms with Gasteiger partial charge in [-0.3, -0.25) is 0 Å². The third-order valence-corrected chi connectivity index (χ3v) is 2.90. The lowest BCUT2D eigenvalue weighted by Gasteiger charge is -2.06. The molecule has 0 bridgehead atoms. The molecule has 68 valence electrons. The van der Waals surface area contributed by atoms with Crippen molar-refractivity contribution in [2.75, 3.05) is 0 Å². The fourth-order valence-electron chi connectivity index (χ4n) is 0.939. The summed E-state index contributed by atoms with van der Waals surface area (Å²) in [6.07, 6.45) is 0. The molecular weight excluding hydrogens is 256 g/mol. The van der Waals surface area contributed by atoms with Crippen LogP contribution in [0.15, 0.2) is 16.6 Å². The second kappa shape index (κ2) is 4.08. The summed E-state index contributed by atoms with van der Waals surface area (Å²) in [7, 11) is 0. The second-order valence-electron chi connectivity index (χ2n) is 2.64. The first-order valence-corrected chi connectivity index (χ1v) is 4.77. The molecule has 1 nitrogen and oxygen atoms in total. The van der Waals surface area contributed by atoms with Crippen molar-refractivity contribution in [2.24, 2.45) is 0 Å². The highest BCUT2D eigenvalue weighted by atomic mass is 79.9. The number of nitrogens with zero attached hydrogens (tertiary/aromatic N) is 1. The third-order valence-electron chi connectivity index (χ3n) is 1.70. The number of hydrogen-bond donors (Lipinski definition) is 0. The summed E-state index contributed by atoms with van der Waals surface area (Å²) in [5.41, 5.74) is 0.360. The Balaban J connectivity index is 3.25. The first kappa shape index (κ1) is 10.5. The minimum absolute atomic E-state index is 0.311. The predicted molar refractivity (Wildman–Crippen MR) is 53.1 cm³/mol. The molecule has 0 saturated carbocycles. The molecule has 0 aliphatic carbocycles. The zero-order chi connectivity index (χ0) is 10.0. The lowest BCUT2D eigenvalue weighted by atomic mass is 10.0. The molecule has 1 aromatic carbocycles. The quantitative estimate of drug-likeness (QED) is 0.705. The summed E-state index contributed by atoms with van der Waals surface area (Å²) in [5.74, 6) is -0.907. The molecule has 0 heterocycles. The van der Waals surface area contributed by atoms with E-state index in [4.69, 9.17) is 16.9 Å². The van der Waals surface area contributed by atoms with Crippen molar-refractivity contribution < 1.29 is 4.39 Å². The minimum atomic E-state index is -0.464. The van der Waals surface area contributed by atoms with Crippen molar-refractivity contribution in [1.29, 1.82) is 5.26 Å². The molecule has 0 N–H and O–H groups in total. The zero-order valence-electron chi connectivity index (χ0n) is 6.81. The maximum Gasteiger partial charge on any atom is 0.129 e. The molecule has 0 aliphatic rings. The van der Waals surface area contributed by atoms with Crippen LogP contribution in [0.2, 0.25) is 5.02 Å². The fraction of sp³-hybridized carbons (Fsp3) is 0.222. The third kappa shape index (κ3) is 2.20. The Morgan fingerprint density at radius 1 is 1.62 bits per heavy atom. The Labute approximate surface area is 89.3 Å². The van der Waals surface area contributed by atoms with Gasteiger partial charge in [-0.25, -0.2) is 4.39 Å². The molecule has 0 fully saturated rings. The van der Waals surface area contributed by atoms with Crippen LogP contribution in [0.3, 0.4) is 0 Å². The Bertz CT molecular complexity index is 373. The van der Waals surface area contributed by atoms with Crippen molar-refractivity contribution in [2.45, 2.75) is 12.8 Å². The van der Waals surface area contributed by atoms with Gasteiger partial charge in [0, 0.05) is 10.0 Å². The highest BCUT2D eigenvalue weighted by Gasteiger charge is 2.12. The van der Waals surface area contributed by atoms with Gasteiger partial charge >= 0.3 is 0 Å². The fourth-order valence-corrected chi connectivity index (χ4v) is 1.45. The maximum atomic E-state index is 13.2. The van der Waals surface area contributed by atoms with Gasteiger partial charge in [0.05, 0.1) is 17.0 Å². The van der Waals surface area contributed by atoms with Crippen LogP contribution in [0.1, 0.15) is 18.4 Å². The van der Waals surface area contributed by atoms with E-state index in [9.17, 15) is 4.39 Å². The van der Waals surface area contributed by atoms with E-state index in [1.807, 2.05) is 6.07 Å². The van der Waals surface area contributed by atoms with Crippen LogP contribution in [-0.4, -0.2) is 0 Å². The van der Waals surface area contributed by atoms with Crippen molar-refractivity contribution in [1.82, 2.24) is 0 Å². The van der Waals surface area contributed by atoms with E-state index < -0.39 is 11.7 Å². The van der Waals surface area contributed by atoms with Gasteiger partial charge in [-0.05, 0) is 35.0 Å². The van der Waals surface area contributed by atoms with Crippen LogP contribution < -0.4 is 0 Å². The first-order chi connectivity index (χ1) is 6.06. The van der Waals surface area contributed by atoms with Crippen LogP contribution in [-0.2, 0) is 0 Å². The van der Waals surface area contributed by atoms with Gasteiger partial charge in [0.1, 0.15) is 5.82 Å². The highest BCUT2D eigenvalue weighted by Crippen LogP contribution is 2.29. The average Bonchev–Trinajstić information content (AvgIpc) is 2.10. The maximum absolute atomic E-state index is 13.2. The lowest BCUT2D eigenvalue weighted by molar-refractivity contribution is 0.606. The van der Waals surface area contributed by atoms with Gasteiger partial charge in [0.2, 0.25) is 0 Å². The van der Waals surface area contributed by atoms with Crippen LogP contribution >= 0.6 is 27.5 Å². The summed E-state index contributed by atoms with van der Waals surface area (Å²) in [5, 5.41) is 8.92. The van der Waals surface area contributed by atoms with Crippen LogP contribution in [0.25, 0.3) is 0 Å². The molecule has 4 heteroatoms. The molecule has 0 spiro atoms. The van der Waals surface area contributed by atoms with E-state index in [1.54, 1.807) is 6.92 Å². The minimum Gasteiger partial charge on any atom is -0.207 e. The SMILES string of the molecule is CC(C#N)c1cc(Br)c(Cl)cc1F. The van der Waals surface area contributed by atoms with E-state index in [2.05, 4.69) is 15.9 Å². The summed E-state index contributed by atoms with van der Waals surface area (Å²) in [6, 6.07) is 4.70. The summed E-state index contributed by atoms with van der Waals surface area (Å²) >= 11 is 8.83. The van der Waals surface area contributed by atoms with Crippen molar-refractivity contribution in [3.8, 4) is 6.07 Å². The van der Waals surface area contributed by atoms with Gasteiger partial charge in [0.25, 0.3) is 0 Å². The predicted octanol–water partition coefficient (Wildman–Crippen LogP) is 3.87. The summed E-state index contributed by atoms with van der Waals surface area (Å²) in [6.45, 7) is 1.64. The molecule has 1 unspecified atom stereocenters. The van der Waals surface area contributed by atoms with Gasteiger partial charge in [0.15, 0.2) is 0 Å². The number of hydrogen-bond acceptors (Lipinski definition) is 1. The number of benzene rings is 1. The van der Waals surface area contributed by atoms with E-state index in [0.29, 0.717) is 15.1 Å². The van der Waals surface area contributed by atoms with Gasteiger partial charge in [-0.2, -0.15) is 5.26 Å². The molecule has 0 aliphatic heterocycles. The molecular formula is C9H6BrClFN. The lowest BCUT2D eigenvalue weighted by Crippen LogP contribution is -1.94. The Morgan fingerprint density at radius 3 is 2.77 bits per heavy atom. The smallest absolute Gasteiger partial charge is 0.129 e. The standard InChI is InChI=1S/C9H6BrClFN/c1-5(4-13)6-2-7(10)8(11)3-9(6)12/h2-3,5H,1H3. The van der Waals surface area contributed by atoms with E-state index in [1.165, 1.54) is 12.1 Å². The van der Waals surface area contributed by atoms with E-state index in [0.717, 1.165) is 0 Å². The normalized spacial score (nSPS) is 12.2. The molecule has 0 aromatic heterocycles. The Morgan fingerprint density at radius 2 is 2.23 bits per heavy atom. The molecule has 1 aromatic rings. The van der Waals surface area contributed by atoms with E-state index >= 15 is 0 Å². The summed E-state index contributed by atoms with van der Waals surface area (Å²) < 4.78 is 13.8. The number of halogens is 3. The van der Waals surface area contributed by atoms with Crippen molar-refractivity contribution in [3.63, 3.8) is 0 Å². The highest BCUT2D eigenvalue weighted by molar-refractivity contribution is 9.10. The number of rotatable bonds is 1.